The van der Waals surface area contributed by atoms with Crippen molar-refractivity contribution in [3.8, 4) is 0 Å². The average Bonchev–Trinajstić information content (AvgIpc) is 2.44. The van der Waals surface area contributed by atoms with Crippen LogP contribution in [0.5, 0.6) is 0 Å². The SMILES string of the molecule is CC(C)(C)OC(=O)N[C@@H](CCCO)[C@H](CCCO)NC(=O)OC(C)(C)C. The minimum Gasteiger partial charge on any atom is -0.444 e. The number of amides is 2. The summed E-state index contributed by atoms with van der Waals surface area (Å²) in [5.74, 6) is 0. The number of carbonyl (C=O) groups excluding carboxylic acids is 2. The van der Waals surface area contributed by atoms with Crippen molar-refractivity contribution in [3.63, 3.8) is 0 Å². The van der Waals surface area contributed by atoms with Gasteiger partial charge in [0.15, 0.2) is 0 Å². The molecule has 0 fully saturated rings. The van der Waals surface area contributed by atoms with Gasteiger partial charge in [-0.2, -0.15) is 0 Å². The molecule has 0 aliphatic carbocycles. The van der Waals surface area contributed by atoms with Crippen molar-refractivity contribution in [2.24, 2.45) is 0 Å². The molecule has 26 heavy (non-hydrogen) atoms. The van der Waals surface area contributed by atoms with Gasteiger partial charge in [-0.15, -0.1) is 0 Å². The molecule has 8 nitrogen and oxygen atoms in total. The molecule has 0 saturated heterocycles. The Morgan fingerprint density at radius 1 is 0.769 bits per heavy atom. The minimum atomic E-state index is -0.648. The van der Waals surface area contributed by atoms with Gasteiger partial charge in [-0.05, 0) is 67.2 Å². The van der Waals surface area contributed by atoms with E-state index in [1.54, 1.807) is 41.5 Å². The summed E-state index contributed by atoms with van der Waals surface area (Å²) in [5.41, 5.74) is -1.30. The van der Waals surface area contributed by atoms with E-state index in [0.29, 0.717) is 25.7 Å². The molecule has 0 bridgehead atoms. The highest BCUT2D eigenvalue weighted by atomic mass is 16.6. The Labute approximate surface area is 156 Å². The molecule has 0 unspecified atom stereocenters. The van der Waals surface area contributed by atoms with Crippen LogP contribution in [0, 0.1) is 0 Å². The number of nitrogens with one attached hydrogen (secondary N) is 2. The van der Waals surface area contributed by atoms with E-state index in [9.17, 15) is 9.59 Å². The normalized spacial score (nSPS) is 14.3. The van der Waals surface area contributed by atoms with Gasteiger partial charge in [0.1, 0.15) is 11.2 Å². The zero-order chi connectivity index (χ0) is 20.4. The van der Waals surface area contributed by atoms with Gasteiger partial charge in [-0.25, -0.2) is 9.59 Å². The van der Waals surface area contributed by atoms with Gasteiger partial charge in [0, 0.05) is 13.2 Å². The molecule has 2 atom stereocenters. The van der Waals surface area contributed by atoms with Crippen LogP contribution in [0.1, 0.15) is 67.2 Å². The predicted molar refractivity (Wildman–Crippen MR) is 99.0 cm³/mol. The van der Waals surface area contributed by atoms with Crippen LogP contribution in [0.4, 0.5) is 9.59 Å². The number of alkyl carbamates (subject to hydrolysis) is 2. The lowest BCUT2D eigenvalue weighted by Crippen LogP contribution is -2.53. The first kappa shape index (κ1) is 24.5. The maximum Gasteiger partial charge on any atom is 0.407 e. The Morgan fingerprint density at radius 3 is 1.31 bits per heavy atom. The highest BCUT2D eigenvalue weighted by Crippen LogP contribution is 2.13. The molecule has 0 rings (SSSR count). The second kappa shape index (κ2) is 11.2. The topological polar surface area (TPSA) is 117 Å². The lowest BCUT2D eigenvalue weighted by molar-refractivity contribution is 0.0416. The quantitative estimate of drug-likeness (QED) is 0.491. The van der Waals surface area contributed by atoms with Crippen LogP contribution < -0.4 is 10.6 Å². The largest absolute Gasteiger partial charge is 0.444 e. The van der Waals surface area contributed by atoms with Crippen LogP contribution in [0.15, 0.2) is 0 Å². The molecular weight excluding hydrogens is 340 g/mol. The number of aliphatic hydroxyl groups excluding tert-OH is 2. The molecule has 8 heteroatoms. The van der Waals surface area contributed by atoms with E-state index in [1.807, 2.05) is 0 Å². The molecule has 0 spiro atoms. The number of hydrogen-bond acceptors (Lipinski definition) is 6. The summed E-state index contributed by atoms with van der Waals surface area (Å²) in [6, 6.07) is -0.924. The maximum atomic E-state index is 12.1. The Bertz CT molecular complexity index is 388. The summed E-state index contributed by atoms with van der Waals surface area (Å²) in [5, 5.41) is 23.8. The van der Waals surface area contributed by atoms with Crippen molar-refractivity contribution >= 4 is 12.2 Å². The highest BCUT2D eigenvalue weighted by Gasteiger charge is 2.28. The summed E-state index contributed by atoms with van der Waals surface area (Å²) >= 11 is 0. The summed E-state index contributed by atoms with van der Waals surface area (Å²) in [4.78, 5) is 24.3. The smallest absolute Gasteiger partial charge is 0.407 e. The molecular formula is C18H36N2O6. The number of hydrogen-bond donors (Lipinski definition) is 4. The van der Waals surface area contributed by atoms with Gasteiger partial charge in [-0.1, -0.05) is 0 Å². The zero-order valence-electron chi connectivity index (χ0n) is 16.9. The summed E-state index contributed by atoms with van der Waals surface area (Å²) in [7, 11) is 0. The van der Waals surface area contributed by atoms with Crippen molar-refractivity contribution in [3.05, 3.63) is 0 Å². The Balaban J connectivity index is 5.13. The fourth-order valence-corrected chi connectivity index (χ4v) is 2.29. The summed E-state index contributed by atoms with van der Waals surface area (Å²) < 4.78 is 10.6. The second-order valence-corrected chi connectivity index (χ2v) is 8.24. The Kier molecular flexibility index (Phi) is 10.6. The fourth-order valence-electron chi connectivity index (χ4n) is 2.29. The van der Waals surface area contributed by atoms with Crippen molar-refractivity contribution < 1.29 is 29.3 Å². The first-order valence-corrected chi connectivity index (χ1v) is 9.08. The lowest BCUT2D eigenvalue weighted by Gasteiger charge is -2.31. The van der Waals surface area contributed by atoms with Crippen LogP contribution in [-0.2, 0) is 9.47 Å². The molecule has 0 heterocycles. The van der Waals surface area contributed by atoms with Crippen molar-refractivity contribution in [1.29, 1.82) is 0 Å². The van der Waals surface area contributed by atoms with Gasteiger partial charge in [0.05, 0.1) is 12.1 Å². The molecule has 0 aliphatic rings. The van der Waals surface area contributed by atoms with E-state index in [0.717, 1.165) is 0 Å². The maximum absolute atomic E-state index is 12.1. The number of rotatable bonds is 9. The molecule has 0 aromatic rings. The van der Waals surface area contributed by atoms with Gasteiger partial charge in [-0.3, -0.25) is 0 Å². The first-order chi connectivity index (χ1) is 11.9. The number of ether oxygens (including phenoxy) is 2. The predicted octanol–water partition coefficient (Wildman–Crippen LogP) is 2.32. The molecule has 4 N–H and O–H groups in total. The van der Waals surface area contributed by atoms with Crippen LogP contribution >= 0.6 is 0 Å². The molecule has 0 radical (unpaired) electrons. The Hall–Kier alpha value is -1.54. The zero-order valence-corrected chi connectivity index (χ0v) is 16.9. The van der Waals surface area contributed by atoms with Gasteiger partial charge in [0.2, 0.25) is 0 Å². The third-order valence-electron chi connectivity index (χ3n) is 3.24. The third kappa shape index (κ3) is 12.8. The van der Waals surface area contributed by atoms with Gasteiger partial charge >= 0.3 is 12.2 Å². The average molecular weight is 376 g/mol. The summed E-state index contributed by atoms with van der Waals surface area (Å²) in [6.07, 6.45) is 0.599. The molecule has 154 valence electrons. The van der Waals surface area contributed by atoms with Crippen molar-refractivity contribution in [1.82, 2.24) is 10.6 Å². The summed E-state index contributed by atoms with van der Waals surface area (Å²) in [6.45, 7) is 10.5. The van der Waals surface area contributed by atoms with Crippen LogP contribution in [0.2, 0.25) is 0 Å². The second-order valence-electron chi connectivity index (χ2n) is 8.24. The van der Waals surface area contributed by atoms with Crippen molar-refractivity contribution in [2.75, 3.05) is 13.2 Å². The van der Waals surface area contributed by atoms with E-state index >= 15 is 0 Å². The van der Waals surface area contributed by atoms with Crippen LogP contribution in [0.25, 0.3) is 0 Å². The van der Waals surface area contributed by atoms with Crippen molar-refractivity contribution in [2.45, 2.75) is 90.5 Å². The highest BCUT2D eigenvalue weighted by molar-refractivity contribution is 5.70. The number of carbonyl (C=O) groups is 2. The van der Waals surface area contributed by atoms with E-state index in [4.69, 9.17) is 19.7 Å². The Morgan fingerprint density at radius 2 is 1.08 bits per heavy atom. The molecule has 0 aromatic carbocycles. The first-order valence-electron chi connectivity index (χ1n) is 9.08. The van der Waals surface area contributed by atoms with Crippen LogP contribution in [0.3, 0.4) is 0 Å². The fraction of sp³-hybridized carbons (Fsp3) is 0.889. The van der Waals surface area contributed by atoms with E-state index in [-0.39, 0.29) is 13.2 Å². The molecule has 0 aliphatic heterocycles. The van der Waals surface area contributed by atoms with E-state index < -0.39 is 35.5 Å². The molecule has 0 aromatic heterocycles. The lowest BCUT2D eigenvalue weighted by atomic mass is 9.98. The van der Waals surface area contributed by atoms with Crippen LogP contribution in [-0.4, -0.2) is 58.9 Å². The van der Waals surface area contributed by atoms with Gasteiger partial charge < -0.3 is 30.3 Å². The third-order valence-corrected chi connectivity index (χ3v) is 3.24. The van der Waals surface area contributed by atoms with E-state index in [2.05, 4.69) is 10.6 Å². The monoisotopic (exact) mass is 376 g/mol. The van der Waals surface area contributed by atoms with E-state index in [1.165, 1.54) is 0 Å². The molecule has 0 saturated carbocycles. The molecule has 2 amide bonds. The van der Waals surface area contributed by atoms with Gasteiger partial charge in [0.25, 0.3) is 0 Å². The minimum absolute atomic E-state index is 0.0361. The number of aliphatic hydroxyl groups is 2. The standard InChI is InChI=1S/C18H36N2O6/c1-17(2,3)25-15(23)19-13(9-7-11-21)14(10-8-12-22)20-16(24)26-18(4,5)6/h13-14,21-22H,7-12H2,1-6H3,(H,19,23)(H,20,24)/t13-,14-/m0/s1.